The Morgan fingerprint density at radius 3 is 2.53 bits per heavy atom. The minimum Gasteiger partial charge on any atom is -0.349 e. The summed E-state index contributed by atoms with van der Waals surface area (Å²) in [6.07, 6.45) is 1.60. The molecule has 0 unspecified atom stereocenters. The lowest BCUT2D eigenvalue weighted by atomic mass is 10.2. The summed E-state index contributed by atoms with van der Waals surface area (Å²) < 4.78 is 28.9. The van der Waals surface area contributed by atoms with E-state index in [2.05, 4.69) is 10.3 Å². The fourth-order valence-corrected chi connectivity index (χ4v) is 4.10. The molecule has 1 aromatic carbocycles. The first-order valence-electron chi connectivity index (χ1n) is 8.95. The van der Waals surface area contributed by atoms with Crippen molar-refractivity contribution >= 4 is 26.8 Å². The number of carbonyl (C=O) groups excluding carboxylic acids is 1. The van der Waals surface area contributed by atoms with Crippen LogP contribution in [0.15, 0.2) is 57.1 Å². The van der Waals surface area contributed by atoms with Crippen LogP contribution in [0.2, 0.25) is 0 Å². The molecule has 0 fully saturated rings. The predicted molar refractivity (Wildman–Crippen MR) is 110 cm³/mol. The molecule has 0 bridgehead atoms. The van der Waals surface area contributed by atoms with E-state index in [1.807, 2.05) is 0 Å². The van der Waals surface area contributed by atoms with E-state index in [1.165, 1.54) is 43.9 Å². The number of likely N-dealkylation sites (N-methyl/N-ethyl adjacent to an activating group) is 1. The van der Waals surface area contributed by atoms with Gasteiger partial charge < -0.3 is 5.32 Å². The highest BCUT2D eigenvalue weighted by Gasteiger charge is 2.24. The standard InChI is InChI=1S/C19H21N5O5S/c1-22(12-17(25)21-11-13-6-4-5-9-20-13)30(28,29)14-7-8-16-15(10-14)18(26)24(3)19(27)23(16)2/h4-10H,11-12H2,1-3H3,(H,21,25). The van der Waals surface area contributed by atoms with Crippen molar-refractivity contribution in [3.63, 3.8) is 0 Å². The molecule has 0 aliphatic carbocycles. The highest BCUT2D eigenvalue weighted by atomic mass is 32.2. The largest absolute Gasteiger partial charge is 0.349 e. The lowest BCUT2D eigenvalue weighted by molar-refractivity contribution is -0.121. The Hall–Kier alpha value is -3.31. The van der Waals surface area contributed by atoms with Crippen molar-refractivity contribution in [3.8, 4) is 0 Å². The summed E-state index contributed by atoms with van der Waals surface area (Å²) in [6, 6.07) is 9.20. The number of aromatic nitrogens is 3. The maximum atomic E-state index is 12.9. The third kappa shape index (κ3) is 4.02. The number of sulfonamides is 1. The Labute approximate surface area is 172 Å². The van der Waals surface area contributed by atoms with E-state index >= 15 is 0 Å². The highest BCUT2D eigenvalue weighted by Crippen LogP contribution is 2.18. The predicted octanol–water partition coefficient (Wildman–Crippen LogP) is -0.431. The van der Waals surface area contributed by atoms with Gasteiger partial charge in [-0.3, -0.25) is 23.7 Å². The van der Waals surface area contributed by atoms with Crippen LogP contribution in [0, 0.1) is 0 Å². The Bertz CT molecular complexity index is 1330. The topological polar surface area (TPSA) is 123 Å². The first-order chi connectivity index (χ1) is 14.1. The molecular formula is C19H21N5O5S. The molecule has 1 N–H and O–H groups in total. The van der Waals surface area contributed by atoms with Crippen LogP contribution >= 0.6 is 0 Å². The second kappa shape index (κ2) is 8.20. The maximum Gasteiger partial charge on any atom is 0.330 e. The Morgan fingerprint density at radius 2 is 1.87 bits per heavy atom. The summed E-state index contributed by atoms with van der Waals surface area (Å²) in [5, 5.41) is 2.71. The van der Waals surface area contributed by atoms with Gasteiger partial charge >= 0.3 is 5.69 Å². The molecule has 10 nitrogen and oxygen atoms in total. The molecule has 3 aromatic rings. The third-order valence-corrected chi connectivity index (χ3v) is 6.50. The van der Waals surface area contributed by atoms with Crippen LogP contribution in [0.5, 0.6) is 0 Å². The van der Waals surface area contributed by atoms with Gasteiger partial charge in [-0.15, -0.1) is 0 Å². The number of nitrogens with one attached hydrogen (secondary N) is 1. The Balaban J connectivity index is 1.83. The van der Waals surface area contributed by atoms with Crippen LogP contribution in [-0.2, 0) is 35.5 Å². The van der Waals surface area contributed by atoms with E-state index in [1.54, 1.807) is 24.4 Å². The molecule has 30 heavy (non-hydrogen) atoms. The van der Waals surface area contributed by atoms with E-state index in [0.29, 0.717) is 11.2 Å². The zero-order chi connectivity index (χ0) is 22.1. The number of rotatable bonds is 6. The Kier molecular flexibility index (Phi) is 5.85. The van der Waals surface area contributed by atoms with Crippen molar-refractivity contribution < 1.29 is 13.2 Å². The highest BCUT2D eigenvalue weighted by molar-refractivity contribution is 7.89. The molecule has 0 radical (unpaired) electrons. The summed E-state index contributed by atoms with van der Waals surface area (Å²) >= 11 is 0. The molecule has 0 aliphatic heterocycles. The fourth-order valence-electron chi connectivity index (χ4n) is 2.95. The summed E-state index contributed by atoms with van der Waals surface area (Å²) in [6.45, 7) is -0.230. The van der Waals surface area contributed by atoms with E-state index in [-0.39, 0.29) is 16.8 Å². The van der Waals surface area contributed by atoms with Crippen molar-refractivity contribution in [1.29, 1.82) is 0 Å². The summed E-state index contributed by atoms with van der Waals surface area (Å²) in [4.78, 5) is 40.5. The average Bonchev–Trinajstić information content (AvgIpc) is 2.75. The molecule has 3 rings (SSSR count). The molecule has 158 valence electrons. The van der Waals surface area contributed by atoms with Crippen LogP contribution in [0.1, 0.15) is 5.69 Å². The number of pyridine rings is 1. The molecule has 0 saturated carbocycles. The number of nitrogens with zero attached hydrogens (tertiary/aromatic N) is 4. The minimum atomic E-state index is -4.04. The molecule has 0 spiro atoms. The van der Waals surface area contributed by atoms with E-state index in [0.717, 1.165) is 8.87 Å². The summed E-state index contributed by atoms with van der Waals surface area (Å²) in [5.74, 6) is -0.495. The number of aryl methyl sites for hydroxylation is 1. The molecule has 2 heterocycles. The SMILES string of the molecule is CN(CC(=O)NCc1ccccn1)S(=O)(=O)c1ccc2c(c1)c(=O)n(C)c(=O)n2C. The van der Waals surface area contributed by atoms with Gasteiger partial charge in [-0.2, -0.15) is 4.31 Å². The van der Waals surface area contributed by atoms with Gasteiger partial charge in [0.25, 0.3) is 5.56 Å². The molecule has 0 saturated heterocycles. The van der Waals surface area contributed by atoms with Gasteiger partial charge in [0.2, 0.25) is 15.9 Å². The number of hydrogen-bond donors (Lipinski definition) is 1. The second-order valence-corrected chi connectivity index (χ2v) is 8.79. The van der Waals surface area contributed by atoms with Crippen LogP contribution in [0.3, 0.4) is 0 Å². The van der Waals surface area contributed by atoms with Gasteiger partial charge in [0.1, 0.15) is 0 Å². The lowest BCUT2D eigenvalue weighted by Crippen LogP contribution is -2.38. The van der Waals surface area contributed by atoms with Crippen molar-refractivity contribution in [3.05, 3.63) is 69.1 Å². The number of hydrogen-bond acceptors (Lipinski definition) is 6. The summed E-state index contributed by atoms with van der Waals surface area (Å²) in [5.41, 5.74) is -0.143. The lowest BCUT2D eigenvalue weighted by Gasteiger charge is -2.17. The van der Waals surface area contributed by atoms with Crippen LogP contribution < -0.4 is 16.6 Å². The first-order valence-corrected chi connectivity index (χ1v) is 10.4. The normalized spacial score (nSPS) is 11.7. The Morgan fingerprint density at radius 1 is 1.13 bits per heavy atom. The molecule has 0 atom stereocenters. The van der Waals surface area contributed by atoms with Crippen LogP contribution in [0.4, 0.5) is 0 Å². The first kappa shape index (κ1) is 21.4. The van der Waals surface area contributed by atoms with Gasteiger partial charge in [0.15, 0.2) is 0 Å². The number of benzene rings is 1. The third-order valence-electron chi connectivity index (χ3n) is 4.71. The zero-order valence-corrected chi connectivity index (χ0v) is 17.5. The van der Waals surface area contributed by atoms with E-state index in [4.69, 9.17) is 0 Å². The fraction of sp³-hybridized carbons (Fsp3) is 0.263. The zero-order valence-electron chi connectivity index (χ0n) is 16.7. The average molecular weight is 431 g/mol. The van der Waals surface area contributed by atoms with Crippen molar-refractivity contribution in [2.45, 2.75) is 11.4 Å². The molecule has 11 heteroatoms. The van der Waals surface area contributed by atoms with Crippen molar-refractivity contribution in [2.24, 2.45) is 14.1 Å². The summed E-state index contributed by atoms with van der Waals surface area (Å²) in [7, 11) is 0.0559. The van der Waals surface area contributed by atoms with Crippen LogP contribution in [-0.4, -0.2) is 46.3 Å². The van der Waals surface area contributed by atoms with Gasteiger partial charge in [0, 0.05) is 27.3 Å². The molecule has 1 amide bonds. The van der Waals surface area contributed by atoms with Gasteiger partial charge in [-0.05, 0) is 30.3 Å². The molecule has 0 aliphatic rings. The van der Waals surface area contributed by atoms with Crippen molar-refractivity contribution in [1.82, 2.24) is 23.7 Å². The van der Waals surface area contributed by atoms with Gasteiger partial charge in [-0.1, -0.05) is 6.07 Å². The number of amides is 1. The van der Waals surface area contributed by atoms with Gasteiger partial charge in [-0.25, -0.2) is 13.2 Å². The number of fused-ring (bicyclic) bond motifs is 1. The maximum absolute atomic E-state index is 12.9. The quantitative estimate of drug-likeness (QED) is 0.565. The van der Waals surface area contributed by atoms with Crippen LogP contribution in [0.25, 0.3) is 10.9 Å². The monoisotopic (exact) mass is 431 g/mol. The van der Waals surface area contributed by atoms with E-state index in [9.17, 15) is 22.8 Å². The molecule has 2 aromatic heterocycles. The molecular weight excluding hydrogens is 410 g/mol. The van der Waals surface area contributed by atoms with E-state index < -0.39 is 33.7 Å². The second-order valence-electron chi connectivity index (χ2n) is 6.74. The van der Waals surface area contributed by atoms with Gasteiger partial charge in [0.05, 0.1) is 34.6 Å². The number of carbonyl (C=O) groups is 1. The van der Waals surface area contributed by atoms with Crippen molar-refractivity contribution in [2.75, 3.05) is 13.6 Å². The smallest absolute Gasteiger partial charge is 0.330 e. The minimum absolute atomic E-state index is 0.0914.